The Morgan fingerprint density at radius 3 is 2.52 bits per heavy atom. The fourth-order valence-corrected chi connectivity index (χ4v) is 3.93. The van der Waals surface area contributed by atoms with Crippen molar-refractivity contribution in [2.24, 2.45) is 0 Å². The number of carboxylic acid groups (broad SMARTS) is 1. The summed E-state index contributed by atoms with van der Waals surface area (Å²) in [6.45, 7) is 1.79. The van der Waals surface area contributed by atoms with E-state index in [1.54, 1.807) is 6.08 Å². The molecule has 7 heteroatoms. The molecule has 1 N–H and O–H groups in total. The quantitative estimate of drug-likeness (QED) is 0.667. The third-order valence-electron chi connectivity index (χ3n) is 3.83. The molecule has 0 aliphatic carbocycles. The number of thiocarbonyl (C=S) groups is 1. The number of hydrogen-bond acceptors (Lipinski definition) is 5. The van der Waals surface area contributed by atoms with Gasteiger partial charge in [-0.1, -0.05) is 36.1 Å². The standard InChI is InChI=1S/C16H16N2O3S2/c19-14(20)10-18-15(21)13(23-16(18)22)9-11-3-5-12(6-4-11)17-7-1-2-8-17/h3-6,9H,1-2,7-8,10H2,(H,19,20)/b13-9-. The van der Waals surface area contributed by atoms with Crippen LogP contribution in [0.25, 0.3) is 6.08 Å². The Labute approximate surface area is 143 Å². The number of carboxylic acids is 1. The second kappa shape index (κ2) is 6.72. The molecule has 1 aromatic carbocycles. The summed E-state index contributed by atoms with van der Waals surface area (Å²) in [6.07, 6.45) is 4.22. The maximum Gasteiger partial charge on any atom is 0.323 e. The zero-order valence-electron chi connectivity index (χ0n) is 12.4. The van der Waals surface area contributed by atoms with Gasteiger partial charge in [0.05, 0.1) is 4.91 Å². The normalized spacial score (nSPS) is 19.9. The first kappa shape index (κ1) is 16.0. The number of benzene rings is 1. The highest BCUT2D eigenvalue weighted by molar-refractivity contribution is 8.26. The Hall–Kier alpha value is -1.86. The Morgan fingerprint density at radius 2 is 1.91 bits per heavy atom. The maximum absolute atomic E-state index is 12.2. The van der Waals surface area contributed by atoms with Crippen molar-refractivity contribution in [2.45, 2.75) is 12.8 Å². The molecule has 2 aliphatic rings. The minimum Gasteiger partial charge on any atom is -0.480 e. The highest BCUT2D eigenvalue weighted by Gasteiger charge is 2.33. The van der Waals surface area contributed by atoms with Crippen molar-refractivity contribution in [3.05, 3.63) is 34.7 Å². The molecule has 2 heterocycles. The summed E-state index contributed by atoms with van der Waals surface area (Å²) >= 11 is 6.22. The molecule has 0 bridgehead atoms. The molecule has 0 aromatic heterocycles. The molecule has 0 radical (unpaired) electrons. The van der Waals surface area contributed by atoms with Gasteiger partial charge in [0, 0.05) is 18.8 Å². The fraction of sp³-hybridized carbons (Fsp3) is 0.312. The number of aliphatic carboxylic acids is 1. The van der Waals surface area contributed by atoms with Crippen molar-refractivity contribution in [2.75, 3.05) is 24.5 Å². The Morgan fingerprint density at radius 1 is 1.26 bits per heavy atom. The molecule has 120 valence electrons. The van der Waals surface area contributed by atoms with Crippen LogP contribution in [0.3, 0.4) is 0 Å². The van der Waals surface area contributed by atoms with Gasteiger partial charge < -0.3 is 10.0 Å². The summed E-state index contributed by atoms with van der Waals surface area (Å²) in [5.74, 6) is -1.41. The summed E-state index contributed by atoms with van der Waals surface area (Å²) in [7, 11) is 0. The summed E-state index contributed by atoms with van der Waals surface area (Å²) < 4.78 is 0.289. The third kappa shape index (κ3) is 3.56. The molecule has 0 atom stereocenters. The number of rotatable bonds is 4. The maximum atomic E-state index is 12.2. The third-order valence-corrected chi connectivity index (χ3v) is 5.21. The highest BCUT2D eigenvalue weighted by Crippen LogP contribution is 2.32. The van der Waals surface area contributed by atoms with Crippen LogP contribution in [0.2, 0.25) is 0 Å². The SMILES string of the molecule is O=C(O)CN1C(=O)/C(=C/c2ccc(N3CCCC3)cc2)SC1=S. The van der Waals surface area contributed by atoms with Gasteiger partial charge in [-0.05, 0) is 36.6 Å². The molecule has 3 rings (SSSR count). The Bertz CT molecular complexity index is 679. The van der Waals surface area contributed by atoms with Crippen LogP contribution in [-0.4, -0.2) is 45.8 Å². The van der Waals surface area contributed by atoms with Crippen molar-refractivity contribution in [3.63, 3.8) is 0 Å². The highest BCUT2D eigenvalue weighted by atomic mass is 32.2. The van der Waals surface area contributed by atoms with E-state index < -0.39 is 12.5 Å². The number of thioether (sulfide) groups is 1. The minimum atomic E-state index is -1.07. The van der Waals surface area contributed by atoms with E-state index in [0.29, 0.717) is 4.91 Å². The number of hydrogen-bond donors (Lipinski definition) is 1. The molecular weight excluding hydrogens is 332 g/mol. The van der Waals surface area contributed by atoms with Crippen LogP contribution in [0.5, 0.6) is 0 Å². The van der Waals surface area contributed by atoms with Gasteiger partial charge in [0.15, 0.2) is 0 Å². The van der Waals surface area contributed by atoms with Crippen molar-refractivity contribution in [1.82, 2.24) is 4.90 Å². The van der Waals surface area contributed by atoms with Crippen LogP contribution in [0.15, 0.2) is 29.2 Å². The molecule has 5 nitrogen and oxygen atoms in total. The molecule has 1 amide bonds. The van der Waals surface area contributed by atoms with E-state index in [1.807, 2.05) is 12.1 Å². The zero-order valence-corrected chi connectivity index (χ0v) is 14.0. The lowest BCUT2D eigenvalue weighted by Crippen LogP contribution is -2.33. The predicted octanol–water partition coefficient (Wildman–Crippen LogP) is 2.57. The largest absolute Gasteiger partial charge is 0.480 e. The monoisotopic (exact) mass is 348 g/mol. The predicted molar refractivity (Wildman–Crippen MR) is 95.4 cm³/mol. The topological polar surface area (TPSA) is 60.9 Å². The van der Waals surface area contributed by atoms with E-state index in [0.717, 1.165) is 35.3 Å². The molecule has 1 aromatic rings. The van der Waals surface area contributed by atoms with E-state index in [4.69, 9.17) is 17.3 Å². The molecule has 0 saturated carbocycles. The summed E-state index contributed by atoms with van der Waals surface area (Å²) in [5, 5.41) is 8.83. The van der Waals surface area contributed by atoms with E-state index in [1.165, 1.54) is 18.5 Å². The van der Waals surface area contributed by atoms with Crippen molar-refractivity contribution < 1.29 is 14.7 Å². The smallest absolute Gasteiger partial charge is 0.323 e. The lowest BCUT2D eigenvalue weighted by Gasteiger charge is -2.17. The zero-order chi connectivity index (χ0) is 16.4. The first-order valence-electron chi connectivity index (χ1n) is 7.37. The van der Waals surface area contributed by atoms with Gasteiger partial charge in [0.2, 0.25) is 0 Å². The van der Waals surface area contributed by atoms with Gasteiger partial charge in [-0.15, -0.1) is 0 Å². The molecule has 2 fully saturated rings. The van der Waals surface area contributed by atoms with E-state index in [2.05, 4.69) is 17.0 Å². The molecule has 2 aliphatic heterocycles. The van der Waals surface area contributed by atoms with Gasteiger partial charge in [-0.2, -0.15) is 0 Å². The van der Waals surface area contributed by atoms with Crippen LogP contribution < -0.4 is 4.90 Å². The first-order valence-corrected chi connectivity index (χ1v) is 8.59. The number of anilines is 1. The number of amides is 1. The van der Waals surface area contributed by atoms with Crippen molar-refractivity contribution in [3.8, 4) is 0 Å². The fourth-order valence-electron chi connectivity index (χ4n) is 2.68. The summed E-state index contributed by atoms with van der Waals surface area (Å²) in [4.78, 5) is 26.9. The van der Waals surface area contributed by atoms with Gasteiger partial charge in [0.1, 0.15) is 10.9 Å². The van der Waals surface area contributed by atoms with Gasteiger partial charge in [-0.25, -0.2) is 0 Å². The first-order chi connectivity index (χ1) is 11.0. The Kier molecular flexibility index (Phi) is 4.68. The van der Waals surface area contributed by atoms with Crippen molar-refractivity contribution in [1.29, 1.82) is 0 Å². The van der Waals surface area contributed by atoms with E-state index in [-0.39, 0.29) is 10.2 Å². The van der Waals surface area contributed by atoms with Crippen LogP contribution in [0.1, 0.15) is 18.4 Å². The summed E-state index contributed by atoms with van der Waals surface area (Å²) in [6, 6.07) is 8.04. The molecule has 0 spiro atoms. The number of nitrogens with zero attached hydrogens (tertiary/aromatic N) is 2. The van der Waals surface area contributed by atoms with Crippen LogP contribution >= 0.6 is 24.0 Å². The van der Waals surface area contributed by atoms with Gasteiger partial charge in [0.25, 0.3) is 5.91 Å². The molecular formula is C16H16N2O3S2. The Balaban J connectivity index is 1.75. The molecule has 23 heavy (non-hydrogen) atoms. The summed E-state index contributed by atoms with van der Waals surface area (Å²) in [5.41, 5.74) is 2.10. The number of carbonyl (C=O) groups is 2. The van der Waals surface area contributed by atoms with Crippen LogP contribution in [0.4, 0.5) is 5.69 Å². The second-order valence-corrected chi connectivity index (χ2v) is 7.12. The minimum absolute atomic E-state index is 0.289. The van der Waals surface area contributed by atoms with Gasteiger partial charge >= 0.3 is 5.97 Å². The lowest BCUT2D eigenvalue weighted by molar-refractivity contribution is -0.140. The molecule has 0 unspecified atom stereocenters. The van der Waals surface area contributed by atoms with E-state index in [9.17, 15) is 9.59 Å². The van der Waals surface area contributed by atoms with Crippen LogP contribution in [0, 0.1) is 0 Å². The average molecular weight is 348 g/mol. The van der Waals surface area contributed by atoms with E-state index >= 15 is 0 Å². The lowest BCUT2D eigenvalue weighted by atomic mass is 10.2. The van der Waals surface area contributed by atoms with Crippen LogP contribution in [-0.2, 0) is 9.59 Å². The number of carbonyl (C=O) groups excluding carboxylic acids is 1. The molecule has 2 saturated heterocycles. The van der Waals surface area contributed by atoms with Crippen molar-refractivity contribution >= 4 is 51.9 Å². The average Bonchev–Trinajstić information content (AvgIpc) is 3.13. The van der Waals surface area contributed by atoms with Gasteiger partial charge in [-0.3, -0.25) is 14.5 Å². The second-order valence-electron chi connectivity index (χ2n) is 5.45.